The van der Waals surface area contributed by atoms with Crippen molar-refractivity contribution in [2.75, 3.05) is 0 Å². The van der Waals surface area contributed by atoms with Crippen LogP contribution in [0.2, 0.25) is 10.0 Å². The standard InChI is InChI=1S/C13H16Cl2N2O3/c1-3-4-12(18)16-17-13(19)8(2)20-11-6-5-9(14)7-10(11)15/h5-8H,3-4H2,1-2H3,(H,16,18)(H,17,19). The van der Waals surface area contributed by atoms with Crippen molar-refractivity contribution in [2.45, 2.75) is 32.8 Å². The lowest BCUT2D eigenvalue weighted by Crippen LogP contribution is -2.47. The first-order valence-electron chi connectivity index (χ1n) is 6.14. The van der Waals surface area contributed by atoms with Crippen LogP contribution in [0.5, 0.6) is 5.75 Å². The summed E-state index contributed by atoms with van der Waals surface area (Å²) in [5, 5.41) is 0.790. The Kier molecular flexibility index (Phi) is 6.61. The zero-order valence-electron chi connectivity index (χ0n) is 11.2. The van der Waals surface area contributed by atoms with Gasteiger partial charge in [-0.3, -0.25) is 20.4 Å². The van der Waals surface area contributed by atoms with Gasteiger partial charge in [-0.15, -0.1) is 0 Å². The first-order valence-corrected chi connectivity index (χ1v) is 6.90. The normalized spacial score (nSPS) is 11.6. The number of hydrogen-bond acceptors (Lipinski definition) is 3. The Morgan fingerprint density at radius 3 is 2.60 bits per heavy atom. The van der Waals surface area contributed by atoms with Crippen LogP contribution in [-0.4, -0.2) is 17.9 Å². The van der Waals surface area contributed by atoms with E-state index in [1.54, 1.807) is 19.1 Å². The molecule has 1 aromatic carbocycles. The Morgan fingerprint density at radius 1 is 1.30 bits per heavy atom. The lowest BCUT2D eigenvalue weighted by molar-refractivity contribution is -0.132. The second-order valence-corrected chi connectivity index (χ2v) is 4.97. The van der Waals surface area contributed by atoms with E-state index in [1.165, 1.54) is 6.07 Å². The van der Waals surface area contributed by atoms with Crippen molar-refractivity contribution < 1.29 is 14.3 Å². The first kappa shape index (κ1) is 16.6. The van der Waals surface area contributed by atoms with Crippen molar-refractivity contribution in [2.24, 2.45) is 0 Å². The Morgan fingerprint density at radius 2 is 2.00 bits per heavy atom. The molecule has 1 atom stereocenters. The second-order valence-electron chi connectivity index (χ2n) is 4.12. The zero-order chi connectivity index (χ0) is 15.1. The number of carbonyl (C=O) groups excluding carboxylic acids is 2. The van der Waals surface area contributed by atoms with E-state index in [4.69, 9.17) is 27.9 Å². The van der Waals surface area contributed by atoms with E-state index < -0.39 is 12.0 Å². The number of benzene rings is 1. The van der Waals surface area contributed by atoms with Gasteiger partial charge in [-0.1, -0.05) is 30.1 Å². The fourth-order valence-corrected chi connectivity index (χ4v) is 1.79. The van der Waals surface area contributed by atoms with Gasteiger partial charge in [0.25, 0.3) is 5.91 Å². The van der Waals surface area contributed by atoms with Gasteiger partial charge in [0.2, 0.25) is 5.91 Å². The minimum absolute atomic E-state index is 0.252. The molecule has 20 heavy (non-hydrogen) atoms. The molecule has 2 N–H and O–H groups in total. The predicted molar refractivity (Wildman–Crippen MR) is 77.7 cm³/mol. The lowest BCUT2D eigenvalue weighted by Gasteiger charge is -2.16. The van der Waals surface area contributed by atoms with Crippen molar-refractivity contribution >= 4 is 35.0 Å². The van der Waals surface area contributed by atoms with Crippen LogP contribution < -0.4 is 15.6 Å². The Hall–Kier alpha value is -1.46. The summed E-state index contributed by atoms with van der Waals surface area (Å²) < 4.78 is 5.40. The fourth-order valence-electron chi connectivity index (χ4n) is 1.34. The van der Waals surface area contributed by atoms with Crippen molar-refractivity contribution in [1.29, 1.82) is 0 Å². The Balaban J connectivity index is 2.51. The molecule has 0 aliphatic carbocycles. The highest BCUT2D eigenvalue weighted by Crippen LogP contribution is 2.28. The summed E-state index contributed by atoms with van der Waals surface area (Å²) in [6.07, 6.45) is 0.239. The highest BCUT2D eigenvalue weighted by atomic mass is 35.5. The smallest absolute Gasteiger partial charge is 0.279 e. The maximum absolute atomic E-state index is 11.7. The van der Waals surface area contributed by atoms with E-state index in [1.807, 2.05) is 6.92 Å². The van der Waals surface area contributed by atoms with Gasteiger partial charge in [0.1, 0.15) is 5.75 Å². The molecule has 0 aliphatic rings. The third-order valence-corrected chi connectivity index (χ3v) is 2.90. The highest BCUT2D eigenvalue weighted by Gasteiger charge is 2.16. The van der Waals surface area contributed by atoms with E-state index in [0.717, 1.165) is 0 Å². The molecule has 2 amide bonds. The quantitative estimate of drug-likeness (QED) is 0.820. The number of amides is 2. The van der Waals surface area contributed by atoms with Crippen LogP contribution >= 0.6 is 23.2 Å². The third kappa shape index (κ3) is 5.27. The molecule has 0 bridgehead atoms. The van der Waals surface area contributed by atoms with Crippen LogP contribution in [0, 0.1) is 0 Å². The maximum Gasteiger partial charge on any atom is 0.279 e. The third-order valence-electron chi connectivity index (χ3n) is 2.37. The van der Waals surface area contributed by atoms with Gasteiger partial charge < -0.3 is 4.74 Å². The molecule has 0 saturated carbocycles. The molecule has 0 radical (unpaired) electrons. The molecule has 0 saturated heterocycles. The molecule has 0 fully saturated rings. The zero-order valence-corrected chi connectivity index (χ0v) is 12.7. The van der Waals surface area contributed by atoms with Gasteiger partial charge in [0.15, 0.2) is 6.10 Å². The SMILES string of the molecule is CCCC(=O)NNC(=O)C(C)Oc1ccc(Cl)cc1Cl. The molecule has 1 unspecified atom stereocenters. The van der Waals surface area contributed by atoms with Crippen molar-refractivity contribution in [3.8, 4) is 5.75 Å². The van der Waals surface area contributed by atoms with Crippen LogP contribution in [0.3, 0.4) is 0 Å². The van der Waals surface area contributed by atoms with Crippen LogP contribution in [-0.2, 0) is 9.59 Å². The Bertz CT molecular complexity index is 495. The summed E-state index contributed by atoms with van der Waals surface area (Å²) in [6.45, 7) is 3.42. The topological polar surface area (TPSA) is 67.4 Å². The monoisotopic (exact) mass is 318 g/mol. The number of rotatable bonds is 5. The van der Waals surface area contributed by atoms with Crippen LogP contribution in [0.25, 0.3) is 0 Å². The molecule has 110 valence electrons. The van der Waals surface area contributed by atoms with Crippen molar-refractivity contribution in [3.63, 3.8) is 0 Å². The highest BCUT2D eigenvalue weighted by molar-refractivity contribution is 6.35. The van der Waals surface area contributed by atoms with Crippen LogP contribution in [0.1, 0.15) is 26.7 Å². The van der Waals surface area contributed by atoms with E-state index in [2.05, 4.69) is 10.9 Å². The molecule has 0 heterocycles. The molecule has 0 aromatic heterocycles. The van der Waals surface area contributed by atoms with E-state index in [0.29, 0.717) is 28.6 Å². The lowest BCUT2D eigenvalue weighted by atomic mass is 10.3. The molecule has 0 aliphatic heterocycles. The summed E-state index contributed by atoms with van der Waals surface area (Å²) >= 11 is 11.7. The number of halogens is 2. The molecule has 7 heteroatoms. The van der Waals surface area contributed by atoms with E-state index >= 15 is 0 Å². The number of hydrazine groups is 1. The fraction of sp³-hybridized carbons (Fsp3) is 0.385. The van der Waals surface area contributed by atoms with Gasteiger partial charge >= 0.3 is 0 Å². The molecule has 0 spiro atoms. The molecular weight excluding hydrogens is 303 g/mol. The minimum atomic E-state index is -0.810. The maximum atomic E-state index is 11.7. The molecule has 1 rings (SSSR count). The predicted octanol–water partition coefficient (Wildman–Crippen LogP) is 2.71. The van der Waals surface area contributed by atoms with Gasteiger partial charge in [-0.2, -0.15) is 0 Å². The summed E-state index contributed by atoms with van der Waals surface area (Å²) in [5.41, 5.74) is 4.59. The van der Waals surface area contributed by atoms with E-state index in [9.17, 15) is 9.59 Å². The van der Waals surface area contributed by atoms with Gasteiger partial charge in [-0.05, 0) is 31.5 Å². The summed E-state index contributed by atoms with van der Waals surface area (Å²) in [5.74, 6) is -0.378. The van der Waals surface area contributed by atoms with Crippen molar-refractivity contribution in [3.05, 3.63) is 28.2 Å². The number of ether oxygens (including phenoxy) is 1. The van der Waals surface area contributed by atoms with Crippen LogP contribution in [0.15, 0.2) is 18.2 Å². The molecular formula is C13H16Cl2N2O3. The van der Waals surface area contributed by atoms with Crippen molar-refractivity contribution in [1.82, 2.24) is 10.9 Å². The Labute approximate surface area is 127 Å². The molecule has 1 aromatic rings. The minimum Gasteiger partial charge on any atom is -0.479 e. The summed E-state index contributed by atoms with van der Waals surface area (Å²) in [4.78, 5) is 22.9. The average Bonchev–Trinajstić information content (AvgIpc) is 2.39. The van der Waals surface area contributed by atoms with E-state index in [-0.39, 0.29) is 5.91 Å². The molecule has 5 nitrogen and oxygen atoms in total. The summed E-state index contributed by atoms with van der Waals surface area (Å²) in [6, 6.07) is 4.70. The number of carbonyl (C=O) groups is 2. The average molecular weight is 319 g/mol. The largest absolute Gasteiger partial charge is 0.479 e. The van der Waals surface area contributed by atoms with Gasteiger partial charge in [0, 0.05) is 11.4 Å². The summed E-state index contributed by atoms with van der Waals surface area (Å²) in [7, 11) is 0. The second kappa shape index (κ2) is 7.97. The van der Waals surface area contributed by atoms with Crippen LogP contribution in [0.4, 0.5) is 0 Å². The first-order chi connectivity index (χ1) is 9.43. The van der Waals surface area contributed by atoms with Gasteiger partial charge in [0.05, 0.1) is 5.02 Å². The number of hydrogen-bond donors (Lipinski definition) is 2. The van der Waals surface area contributed by atoms with Gasteiger partial charge in [-0.25, -0.2) is 0 Å². The number of nitrogens with one attached hydrogen (secondary N) is 2.